The summed E-state index contributed by atoms with van der Waals surface area (Å²) < 4.78 is 22.2. The number of nitrogens with zero attached hydrogens (tertiary/aromatic N) is 3. The number of carbonyl (C=O) groups excluding carboxylic acids is 1. The highest BCUT2D eigenvalue weighted by Gasteiger charge is 2.57. The van der Waals surface area contributed by atoms with Crippen molar-refractivity contribution in [1.29, 1.82) is 0 Å². The van der Waals surface area contributed by atoms with E-state index in [1.54, 1.807) is 27.7 Å². The first kappa shape index (κ1) is 15.1. The molecule has 0 aromatic rings. The molecule has 2 aliphatic rings. The van der Waals surface area contributed by atoms with Gasteiger partial charge in [0.15, 0.2) is 11.9 Å². The third-order valence-corrected chi connectivity index (χ3v) is 3.06. The van der Waals surface area contributed by atoms with Crippen molar-refractivity contribution >= 4 is 5.97 Å². The van der Waals surface area contributed by atoms with Crippen molar-refractivity contribution in [3.8, 4) is 0 Å². The highest BCUT2D eigenvalue weighted by molar-refractivity contribution is 5.76. The first-order valence-electron chi connectivity index (χ1n) is 6.56. The smallest absolute Gasteiger partial charge is 0.338 e. The van der Waals surface area contributed by atoms with Gasteiger partial charge in [-0.25, -0.2) is 4.79 Å². The van der Waals surface area contributed by atoms with Gasteiger partial charge in [-0.3, -0.25) is 0 Å². The molecular weight excluding hydrogens is 266 g/mol. The average Bonchev–Trinajstić information content (AvgIpc) is 2.79. The van der Waals surface area contributed by atoms with E-state index in [4.69, 9.17) is 24.5 Å². The predicted octanol–water partition coefficient (Wildman–Crippen LogP) is 1.54. The Bertz CT molecular complexity index is 433. The molecular formula is C12H19N3O5. The summed E-state index contributed by atoms with van der Waals surface area (Å²) in [5.41, 5.74) is 8.40. The maximum atomic E-state index is 12.0. The summed E-state index contributed by atoms with van der Waals surface area (Å²) in [6.45, 7) is 7.14. The Morgan fingerprint density at radius 1 is 1.40 bits per heavy atom. The van der Waals surface area contributed by atoms with Gasteiger partial charge in [0, 0.05) is 4.91 Å². The van der Waals surface area contributed by atoms with Gasteiger partial charge in [-0.2, -0.15) is 0 Å². The van der Waals surface area contributed by atoms with Crippen molar-refractivity contribution in [3.63, 3.8) is 0 Å². The van der Waals surface area contributed by atoms with Gasteiger partial charge >= 0.3 is 5.97 Å². The van der Waals surface area contributed by atoms with Crippen LogP contribution in [-0.4, -0.2) is 48.8 Å². The van der Waals surface area contributed by atoms with E-state index in [-0.39, 0.29) is 12.6 Å². The van der Waals surface area contributed by atoms with Gasteiger partial charge in [0.1, 0.15) is 12.2 Å². The summed E-state index contributed by atoms with van der Waals surface area (Å²) in [7, 11) is 0. The number of fused-ring (bicyclic) bond motifs is 1. The molecule has 0 aliphatic carbocycles. The SMILES string of the molecule is CC(C)OC(=O)[C@H]1O[C@H](CN=[N+]=[N-])[C@@H]2OC(C)(C)O[C@@H]21. The van der Waals surface area contributed by atoms with E-state index in [1.165, 1.54) is 0 Å². The molecule has 0 bridgehead atoms. The lowest BCUT2D eigenvalue weighted by Gasteiger charge is -2.23. The molecule has 0 aromatic carbocycles. The molecule has 0 unspecified atom stereocenters. The minimum atomic E-state index is -0.858. The normalized spacial score (nSPS) is 34.6. The minimum Gasteiger partial charge on any atom is -0.461 e. The summed E-state index contributed by atoms with van der Waals surface area (Å²) in [6.07, 6.45) is -2.60. The van der Waals surface area contributed by atoms with Gasteiger partial charge in [0.05, 0.1) is 18.8 Å². The molecule has 2 aliphatic heterocycles. The Labute approximate surface area is 116 Å². The number of azide groups is 1. The molecule has 4 atom stereocenters. The predicted molar refractivity (Wildman–Crippen MR) is 67.7 cm³/mol. The third kappa shape index (κ3) is 3.04. The van der Waals surface area contributed by atoms with Crippen molar-refractivity contribution in [2.24, 2.45) is 5.11 Å². The van der Waals surface area contributed by atoms with Crippen LogP contribution in [0.4, 0.5) is 0 Å². The average molecular weight is 285 g/mol. The van der Waals surface area contributed by atoms with E-state index in [1.807, 2.05) is 0 Å². The second-order valence-electron chi connectivity index (χ2n) is 5.56. The maximum Gasteiger partial charge on any atom is 0.338 e. The lowest BCUT2D eigenvalue weighted by Crippen LogP contribution is -2.37. The van der Waals surface area contributed by atoms with E-state index >= 15 is 0 Å². The molecule has 2 rings (SSSR count). The molecule has 2 heterocycles. The molecule has 0 N–H and O–H groups in total. The summed E-state index contributed by atoms with van der Waals surface area (Å²) in [4.78, 5) is 14.7. The second-order valence-corrected chi connectivity index (χ2v) is 5.56. The standard InChI is InChI=1S/C12H19N3O5/c1-6(2)17-11(16)10-9-8(19-12(3,4)20-9)7(18-10)5-14-15-13/h6-10H,5H2,1-4H3/t7-,8+,9+,10+/m1/s1. The number of rotatable bonds is 4. The van der Waals surface area contributed by atoms with Crippen LogP contribution in [0, 0.1) is 0 Å². The largest absolute Gasteiger partial charge is 0.461 e. The molecule has 0 spiro atoms. The van der Waals surface area contributed by atoms with E-state index in [0.29, 0.717) is 0 Å². The Morgan fingerprint density at radius 3 is 2.65 bits per heavy atom. The van der Waals surface area contributed by atoms with E-state index < -0.39 is 36.2 Å². The van der Waals surface area contributed by atoms with Gasteiger partial charge in [-0.05, 0) is 33.2 Å². The first-order valence-corrected chi connectivity index (χ1v) is 6.56. The number of esters is 1. The van der Waals surface area contributed by atoms with Gasteiger partial charge < -0.3 is 18.9 Å². The number of hydrogen-bond acceptors (Lipinski definition) is 6. The Kier molecular flexibility index (Phi) is 4.19. The van der Waals surface area contributed by atoms with Crippen molar-refractivity contribution in [1.82, 2.24) is 0 Å². The van der Waals surface area contributed by atoms with E-state index in [9.17, 15) is 4.79 Å². The molecule has 0 amide bonds. The zero-order valence-electron chi connectivity index (χ0n) is 12.0. The molecule has 8 heteroatoms. The van der Waals surface area contributed by atoms with Crippen LogP contribution in [0.3, 0.4) is 0 Å². The van der Waals surface area contributed by atoms with Crippen LogP contribution in [0.5, 0.6) is 0 Å². The zero-order chi connectivity index (χ0) is 14.9. The van der Waals surface area contributed by atoms with Crippen molar-refractivity contribution in [2.45, 2.75) is 64.0 Å². The quantitative estimate of drug-likeness (QED) is 0.337. The topological polar surface area (TPSA) is 103 Å². The molecule has 112 valence electrons. The Morgan fingerprint density at radius 2 is 2.05 bits per heavy atom. The lowest BCUT2D eigenvalue weighted by molar-refractivity contribution is -0.196. The van der Waals surface area contributed by atoms with Crippen LogP contribution in [0.2, 0.25) is 0 Å². The van der Waals surface area contributed by atoms with Crippen LogP contribution in [0.25, 0.3) is 10.4 Å². The molecule has 2 fully saturated rings. The van der Waals surface area contributed by atoms with Crippen molar-refractivity contribution in [3.05, 3.63) is 10.4 Å². The fraction of sp³-hybridized carbons (Fsp3) is 0.917. The van der Waals surface area contributed by atoms with Crippen LogP contribution >= 0.6 is 0 Å². The highest BCUT2D eigenvalue weighted by Crippen LogP contribution is 2.39. The van der Waals surface area contributed by atoms with Crippen LogP contribution in [0.15, 0.2) is 5.11 Å². The van der Waals surface area contributed by atoms with Gasteiger partial charge in [-0.15, -0.1) is 0 Å². The number of hydrogen-bond donors (Lipinski definition) is 0. The Hall–Kier alpha value is -1.34. The van der Waals surface area contributed by atoms with Crippen LogP contribution in [0.1, 0.15) is 27.7 Å². The molecule has 8 nitrogen and oxygen atoms in total. The fourth-order valence-corrected chi connectivity index (χ4v) is 2.44. The molecule has 0 saturated carbocycles. The van der Waals surface area contributed by atoms with Gasteiger partial charge in [-0.1, -0.05) is 5.11 Å². The Balaban J connectivity index is 2.14. The zero-order valence-corrected chi connectivity index (χ0v) is 12.0. The molecule has 2 saturated heterocycles. The molecule has 0 radical (unpaired) electrons. The first-order chi connectivity index (χ1) is 9.34. The van der Waals surface area contributed by atoms with E-state index in [2.05, 4.69) is 10.0 Å². The maximum absolute atomic E-state index is 12.0. The van der Waals surface area contributed by atoms with Gasteiger partial charge in [0.25, 0.3) is 0 Å². The number of ether oxygens (including phenoxy) is 4. The summed E-state index contributed by atoms with van der Waals surface area (Å²) >= 11 is 0. The van der Waals surface area contributed by atoms with Crippen molar-refractivity contribution in [2.75, 3.05) is 6.54 Å². The second kappa shape index (κ2) is 5.57. The summed E-state index contributed by atoms with van der Waals surface area (Å²) in [6, 6.07) is 0. The summed E-state index contributed by atoms with van der Waals surface area (Å²) in [5, 5.41) is 3.48. The van der Waals surface area contributed by atoms with Crippen LogP contribution < -0.4 is 0 Å². The monoisotopic (exact) mass is 285 g/mol. The third-order valence-electron chi connectivity index (χ3n) is 3.06. The lowest BCUT2D eigenvalue weighted by atomic mass is 10.1. The van der Waals surface area contributed by atoms with Crippen molar-refractivity contribution < 1.29 is 23.7 Å². The minimum absolute atomic E-state index is 0.0859. The van der Waals surface area contributed by atoms with Gasteiger partial charge in [0.2, 0.25) is 0 Å². The number of carbonyl (C=O) groups is 1. The van der Waals surface area contributed by atoms with Crippen LogP contribution in [-0.2, 0) is 23.7 Å². The molecule has 20 heavy (non-hydrogen) atoms. The fourth-order valence-electron chi connectivity index (χ4n) is 2.44. The van der Waals surface area contributed by atoms with E-state index in [0.717, 1.165) is 0 Å². The summed E-state index contributed by atoms with van der Waals surface area (Å²) in [5.74, 6) is -1.29. The highest BCUT2D eigenvalue weighted by atomic mass is 16.8. The molecule has 0 aromatic heterocycles.